The van der Waals surface area contributed by atoms with E-state index in [1.54, 1.807) is 0 Å². The highest BCUT2D eigenvalue weighted by Gasteiger charge is 2.14. The van der Waals surface area contributed by atoms with Crippen LogP contribution in [-0.4, -0.2) is 22.3 Å². The molecule has 52 valence electrons. The maximum Gasteiger partial charge on any atom is 0.426 e. The lowest BCUT2D eigenvalue weighted by molar-refractivity contribution is 0.158. The Kier molecular flexibility index (Phi) is 3.28. The van der Waals surface area contributed by atoms with Gasteiger partial charge in [-0.3, -0.25) is 0 Å². The van der Waals surface area contributed by atoms with E-state index in [1.165, 1.54) is 22.9 Å². The molecular formula is C3H5IN2O3. The lowest BCUT2D eigenvalue weighted by Crippen LogP contribution is -2.32. The Labute approximate surface area is 65.6 Å². The van der Waals surface area contributed by atoms with Gasteiger partial charge in [0.15, 0.2) is 0 Å². The first-order valence-electron chi connectivity index (χ1n) is 1.93. The Morgan fingerprint density at radius 2 is 2.11 bits per heavy atom. The van der Waals surface area contributed by atoms with Crippen molar-refractivity contribution in [2.24, 2.45) is 5.73 Å². The summed E-state index contributed by atoms with van der Waals surface area (Å²) in [5, 5.41) is 0. The van der Waals surface area contributed by atoms with Crippen molar-refractivity contribution >= 4 is 35.0 Å². The number of halogens is 1. The number of primary amides is 1. The fourth-order valence-electron chi connectivity index (χ4n) is 0.170. The van der Waals surface area contributed by atoms with Gasteiger partial charge in [0.2, 0.25) is 0 Å². The summed E-state index contributed by atoms with van der Waals surface area (Å²) >= 11 is 1.44. The van der Waals surface area contributed by atoms with Crippen LogP contribution in [0.15, 0.2) is 0 Å². The van der Waals surface area contributed by atoms with E-state index >= 15 is 0 Å². The topological polar surface area (TPSA) is 72.6 Å². The van der Waals surface area contributed by atoms with Gasteiger partial charge >= 0.3 is 12.1 Å². The molecule has 0 aromatic rings. The van der Waals surface area contributed by atoms with Gasteiger partial charge in [0.05, 0.1) is 30.0 Å². The SMILES string of the molecule is COC(=O)N(I)C(N)=O. The normalized spacial score (nSPS) is 8.22. The number of methoxy groups -OCH3 is 1. The number of nitrogens with two attached hydrogens (primary N) is 1. The second-order valence-corrected chi connectivity index (χ2v) is 2.05. The third-order valence-electron chi connectivity index (χ3n) is 0.528. The molecular weight excluding hydrogens is 239 g/mol. The smallest absolute Gasteiger partial charge is 0.426 e. The molecule has 0 aromatic heterocycles. The molecule has 2 N–H and O–H groups in total. The molecule has 0 heterocycles. The molecule has 0 atom stereocenters. The van der Waals surface area contributed by atoms with Crippen LogP contribution < -0.4 is 5.73 Å². The molecule has 9 heavy (non-hydrogen) atoms. The fraction of sp³-hybridized carbons (Fsp3) is 0.333. The molecule has 0 saturated heterocycles. The monoisotopic (exact) mass is 244 g/mol. The molecule has 0 aliphatic heterocycles. The number of nitrogens with zero attached hydrogens (tertiary/aromatic N) is 1. The Balaban J connectivity index is 3.88. The highest BCUT2D eigenvalue weighted by atomic mass is 127. The van der Waals surface area contributed by atoms with Gasteiger partial charge in [-0.2, -0.15) is 3.11 Å². The molecule has 0 aliphatic rings. The number of rotatable bonds is 0. The second-order valence-electron chi connectivity index (χ2n) is 1.09. The number of hydrogen-bond acceptors (Lipinski definition) is 3. The lowest BCUT2D eigenvalue weighted by Gasteiger charge is -2.05. The van der Waals surface area contributed by atoms with Crippen LogP contribution in [0.4, 0.5) is 9.59 Å². The summed E-state index contributed by atoms with van der Waals surface area (Å²) in [6.07, 6.45) is -0.775. The zero-order chi connectivity index (χ0) is 7.44. The number of ether oxygens (including phenoxy) is 1. The molecule has 0 unspecified atom stereocenters. The van der Waals surface area contributed by atoms with Gasteiger partial charge in [-0.15, -0.1) is 0 Å². The summed E-state index contributed by atoms with van der Waals surface area (Å²) in [4.78, 5) is 20.5. The van der Waals surface area contributed by atoms with E-state index in [2.05, 4.69) is 4.74 Å². The van der Waals surface area contributed by atoms with Crippen LogP contribution in [0.2, 0.25) is 0 Å². The van der Waals surface area contributed by atoms with Crippen LogP contribution >= 0.6 is 22.9 Å². The molecule has 6 heteroatoms. The van der Waals surface area contributed by atoms with Crippen LogP contribution in [0.3, 0.4) is 0 Å². The number of urea groups is 1. The zero-order valence-electron chi connectivity index (χ0n) is 4.63. The van der Waals surface area contributed by atoms with E-state index in [0.29, 0.717) is 3.11 Å². The quantitative estimate of drug-likeness (QED) is 0.497. The number of imide groups is 1. The summed E-state index contributed by atoms with van der Waals surface area (Å²) < 4.78 is 4.79. The second kappa shape index (κ2) is 3.49. The number of carbonyl (C=O) groups is 2. The van der Waals surface area contributed by atoms with Crippen LogP contribution in [-0.2, 0) is 4.74 Å². The molecule has 0 spiro atoms. The van der Waals surface area contributed by atoms with Crippen molar-refractivity contribution in [3.05, 3.63) is 0 Å². The van der Waals surface area contributed by atoms with E-state index in [1.807, 2.05) is 0 Å². The van der Waals surface area contributed by atoms with Crippen LogP contribution in [0.25, 0.3) is 0 Å². The first kappa shape index (κ1) is 8.47. The van der Waals surface area contributed by atoms with E-state index in [-0.39, 0.29) is 0 Å². The van der Waals surface area contributed by atoms with Gasteiger partial charge in [0, 0.05) is 0 Å². The number of hydrogen-bond donors (Lipinski definition) is 1. The Hall–Kier alpha value is -0.530. The molecule has 0 rings (SSSR count). The minimum Gasteiger partial charge on any atom is -0.452 e. The highest BCUT2D eigenvalue weighted by Crippen LogP contribution is 1.99. The van der Waals surface area contributed by atoms with Crippen molar-refractivity contribution in [1.29, 1.82) is 0 Å². The van der Waals surface area contributed by atoms with Crippen molar-refractivity contribution in [3.63, 3.8) is 0 Å². The Morgan fingerprint density at radius 3 is 2.22 bits per heavy atom. The van der Waals surface area contributed by atoms with Crippen molar-refractivity contribution in [3.8, 4) is 0 Å². The lowest BCUT2D eigenvalue weighted by atomic mass is 11.0. The Bertz CT molecular complexity index is 137. The molecule has 0 radical (unpaired) electrons. The first-order valence-corrected chi connectivity index (χ1v) is 2.89. The number of carbonyl (C=O) groups excluding carboxylic acids is 2. The van der Waals surface area contributed by atoms with Gasteiger partial charge in [-0.05, 0) is 0 Å². The maximum atomic E-state index is 10.3. The van der Waals surface area contributed by atoms with Gasteiger partial charge < -0.3 is 10.5 Å². The van der Waals surface area contributed by atoms with Crippen molar-refractivity contribution < 1.29 is 14.3 Å². The van der Waals surface area contributed by atoms with Gasteiger partial charge in [-0.1, -0.05) is 0 Å². The summed E-state index contributed by atoms with van der Waals surface area (Å²) in [7, 11) is 1.16. The van der Waals surface area contributed by atoms with Crippen molar-refractivity contribution in [2.75, 3.05) is 7.11 Å². The van der Waals surface area contributed by atoms with Crippen molar-refractivity contribution in [1.82, 2.24) is 3.11 Å². The predicted molar refractivity (Wildman–Crippen MR) is 37.8 cm³/mol. The first-order chi connectivity index (χ1) is 4.09. The van der Waals surface area contributed by atoms with E-state index in [9.17, 15) is 9.59 Å². The van der Waals surface area contributed by atoms with Crippen LogP contribution in [0.5, 0.6) is 0 Å². The van der Waals surface area contributed by atoms with Gasteiger partial charge in [0.1, 0.15) is 0 Å². The van der Waals surface area contributed by atoms with Crippen molar-refractivity contribution in [2.45, 2.75) is 0 Å². The highest BCUT2D eigenvalue weighted by molar-refractivity contribution is 14.1. The largest absolute Gasteiger partial charge is 0.452 e. The van der Waals surface area contributed by atoms with Gasteiger partial charge in [-0.25, -0.2) is 9.59 Å². The standard InChI is InChI=1S/C3H5IN2O3/c1-9-3(8)6(4)2(5)7/h1H3,(H2,5,7). The molecule has 0 saturated carbocycles. The average molecular weight is 244 g/mol. The molecule has 0 aromatic carbocycles. The van der Waals surface area contributed by atoms with Crippen LogP contribution in [0, 0.1) is 0 Å². The third kappa shape index (κ3) is 2.49. The summed E-state index contributed by atoms with van der Waals surface area (Å²) in [6, 6.07) is -0.845. The maximum absolute atomic E-state index is 10.3. The predicted octanol–water partition coefficient (Wildman–Crippen LogP) is 0.484. The molecule has 0 bridgehead atoms. The molecule has 0 aliphatic carbocycles. The van der Waals surface area contributed by atoms with E-state index < -0.39 is 12.1 Å². The molecule has 0 fully saturated rings. The molecule has 3 amide bonds. The van der Waals surface area contributed by atoms with E-state index in [0.717, 1.165) is 7.11 Å². The van der Waals surface area contributed by atoms with Crippen LogP contribution in [0.1, 0.15) is 0 Å². The fourth-order valence-corrected chi connectivity index (χ4v) is 0.367. The van der Waals surface area contributed by atoms with Gasteiger partial charge in [0.25, 0.3) is 0 Å². The minimum absolute atomic E-state index is 0.637. The number of amides is 3. The average Bonchev–Trinajstić information content (AvgIpc) is 1.84. The Morgan fingerprint density at radius 1 is 1.67 bits per heavy atom. The summed E-state index contributed by atoms with van der Waals surface area (Å²) in [5.41, 5.74) is 4.69. The summed E-state index contributed by atoms with van der Waals surface area (Å²) in [5.74, 6) is 0. The summed E-state index contributed by atoms with van der Waals surface area (Å²) in [6.45, 7) is 0. The molecule has 5 nitrogen and oxygen atoms in total. The zero-order valence-corrected chi connectivity index (χ0v) is 6.78. The van der Waals surface area contributed by atoms with E-state index in [4.69, 9.17) is 5.73 Å². The third-order valence-corrected chi connectivity index (χ3v) is 1.40. The minimum atomic E-state index is -0.845.